The Labute approximate surface area is 164 Å². The van der Waals surface area contributed by atoms with Crippen molar-refractivity contribution in [3.05, 3.63) is 52.9 Å². The molecule has 0 saturated carbocycles. The highest BCUT2D eigenvalue weighted by atomic mass is 32.2. The summed E-state index contributed by atoms with van der Waals surface area (Å²) in [5.74, 6) is 4.90. The fourth-order valence-electron chi connectivity index (χ4n) is 2.48. The van der Waals surface area contributed by atoms with E-state index in [4.69, 9.17) is 5.11 Å². The molecule has 144 valence electrons. The van der Waals surface area contributed by atoms with Gasteiger partial charge in [-0.15, -0.1) is 11.3 Å². The number of carbonyl (C=O) groups is 1. The van der Waals surface area contributed by atoms with E-state index in [1.165, 1.54) is 6.07 Å². The molecule has 0 bridgehead atoms. The molecule has 0 amide bonds. The Hall–Kier alpha value is -2.18. The largest absolute Gasteiger partial charge is 0.481 e. The maximum Gasteiger partial charge on any atom is 0.305 e. The number of nitrogens with one attached hydrogen (secondary N) is 1. The van der Waals surface area contributed by atoms with Crippen LogP contribution in [0.2, 0.25) is 0 Å². The predicted molar refractivity (Wildman–Crippen MR) is 106 cm³/mol. The molecule has 0 saturated heterocycles. The number of quaternary nitrogens is 1. The summed E-state index contributed by atoms with van der Waals surface area (Å²) in [5, 5.41) is 9.07. The molecule has 27 heavy (non-hydrogen) atoms. The van der Waals surface area contributed by atoms with Gasteiger partial charge in [0.1, 0.15) is 4.21 Å². The molecule has 1 aromatic heterocycles. The lowest BCUT2D eigenvalue weighted by molar-refractivity contribution is -0.871. The van der Waals surface area contributed by atoms with Crippen LogP contribution in [0.5, 0.6) is 0 Å². The highest BCUT2D eigenvalue weighted by Crippen LogP contribution is 2.21. The third kappa shape index (κ3) is 7.15. The molecule has 1 aromatic carbocycles. The summed E-state index contributed by atoms with van der Waals surface area (Å²) in [6.07, 6.45) is -0.277. The van der Waals surface area contributed by atoms with Crippen molar-refractivity contribution < 1.29 is 22.8 Å². The van der Waals surface area contributed by atoms with Crippen molar-refractivity contribution in [2.24, 2.45) is 0 Å². The summed E-state index contributed by atoms with van der Waals surface area (Å²) in [5.41, 5.74) is 0.845. The van der Waals surface area contributed by atoms with Crippen molar-refractivity contribution in [1.82, 2.24) is 4.72 Å². The van der Waals surface area contributed by atoms with Crippen LogP contribution in [0.25, 0.3) is 0 Å². The molecule has 0 aliphatic carbocycles. The van der Waals surface area contributed by atoms with Crippen LogP contribution in [0.4, 0.5) is 0 Å². The molecule has 1 atom stereocenters. The third-order valence-corrected chi connectivity index (χ3v) is 6.47. The zero-order chi connectivity index (χ0) is 20.1. The first-order valence-corrected chi connectivity index (χ1v) is 10.6. The van der Waals surface area contributed by atoms with E-state index in [-0.39, 0.29) is 10.6 Å². The van der Waals surface area contributed by atoms with Gasteiger partial charge >= 0.3 is 5.97 Å². The number of sulfonamides is 1. The lowest BCUT2D eigenvalue weighted by Gasteiger charge is -2.28. The van der Waals surface area contributed by atoms with Gasteiger partial charge in [0.15, 0.2) is 0 Å². The van der Waals surface area contributed by atoms with E-state index >= 15 is 0 Å². The van der Waals surface area contributed by atoms with Crippen LogP contribution >= 0.6 is 11.3 Å². The minimum absolute atomic E-state index is 0.122. The molecule has 0 unspecified atom stereocenters. The molecule has 0 aliphatic heterocycles. The lowest BCUT2D eigenvalue weighted by Crippen LogP contribution is -2.49. The summed E-state index contributed by atoms with van der Waals surface area (Å²) >= 11 is 1.06. The molecular weight excluding hydrogens is 384 g/mol. The van der Waals surface area contributed by atoms with Crippen molar-refractivity contribution in [3.63, 3.8) is 0 Å². The van der Waals surface area contributed by atoms with E-state index in [2.05, 4.69) is 16.6 Å². The van der Waals surface area contributed by atoms with E-state index in [0.717, 1.165) is 16.9 Å². The van der Waals surface area contributed by atoms with Gasteiger partial charge < -0.3 is 9.59 Å². The number of nitrogens with zero attached hydrogens (tertiary/aromatic N) is 1. The van der Waals surface area contributed by atoms with Gasteiger partial charge in [-0.05, 0) is 24.3 Å². The average Bonchev–Trinajstić information content (AvgIpc) is 3.01. The van der Waals surface area contributed by atoms with Crippen molar-refractivity contribution in [1.29, 1.82) is 0 Å². The standard InChI is InChI=1S/C19H22N2O4S2/c1-21(2,3)14-16(13-18(22)23)20-27(24,25)19-12-11-17(26-19)10-9-15-7-5-4-6-8-15/h4-8,11-12,16,20H,13-14H2,1-3H3/p+1/t16-/m1/s1. The first kappa shape index (κ1) is 21.1. The minimum Gasteiger partial charge on any atom is -0.481 e. The van der Waals surface area contributed by atoms with Crippen molar-refractivity contribution >= 4 is 27.3 Å². The Balaban J connectivity index is 2.17. The topological polar surface area (TPSA) is 83.5 Å². The fraction of sp³-hybridized carbons (Fsp3) is 0.316. The zero-order valence-electron chi connectivity index (χ0n) is 15.5. The first-order chi connectivity index (χ1) is 12.5. The number of thiophene rings is 1. The number of carboxylic acid groups (broad SMARTS) is 1. The number of aliphatic carboxylic acids is 1. The van der Waals surface area contributed by atoms with E-state index in [1.807, 2.05) is 51.5 Å². The minimum atomic E-state index is -3.81. The van der Waals surface area contributed by atoms with Gasteiger partial charge in [0.25, 0.3) is 10.0 Å². The monoisotopic (exact) mass is 407 g/mol. The number of carboxylic acids is 1. The molecule has 0 fully saturated rings. The van der Waals surface area contributed by atoms with Crippen molar-refractivity contribution in [2.45, 2.75) is 16.7 Å². The molecule has 2 rings (SSSR count). The number of rotatable bonds is 7. The predicted octanol–water partition coefficient (Wildman–Crippen LogP) is 1.98. The van der Waals surface area contributed by atoms with Crippen LogP contribution in [0.3, 0.4) is 0 Å². The van der Waals surface area contributed by atoms with Crippen LogP contribution in [0.1, 0.15) is 16.9 Å². The molecule has 1 heterocycles. The third-order valence-electron chi connectivity index (χ3n) is 3.46. The van der Waals surface area contributed by atoms with Crippen LogP contribution < -0.4 is 4.72 Å². The zero-order valence-corrected chi connectivity index (χ0v) is 17.1. The van der Waals surface area contributed by atoms with Crippen molar-refractivity contribution in [3.8, 4) is 11.8 Å². The van der Waals surface area contributed by atoms with E-state index in [9.17, 15) is 13.2 Å². The van der Waals surface area contributed by atoms with Gasteiger partial charge in [-0.25, -0.2) is 13.1 Å². The molecule has 0 aliphatic rings. The fourth-order valence-corrected chi connectivity index (χ4v) is 4.88. The number of likely N-dealkylation sites (N-methyl/N-ethyl adjacent to an activating group) is 1. The second-order valence-electron chi connectivity index (χ2n) is 7.12. The quantitative estimate of drug-likeness (QED) is 0.543. The molecule has 6 nitrogen and oxygen atoms in total. The smallest absolute Gasteiger partial charge is 0.305 e. The molecule has 0 radical (unpaired) electrons. The second-order valence-corrected chi connectivity index (χ2v) is 10.1. The number of hydrogen-bond acceptors (Lipinski definition) is 4. The van der Waals surface area contributed by atoms with E-state index in [1.54, 1.807) is 6.07 Å². The van der Waals surface area contributed by atoms with E-state index in [0.29, 0.717) is 15.9 Å². The van der Waals surface area contributed by atoms with Crippen LogP contribution in [-0.4, -0.2) is 57.7 Å². The molecule has 0 spiro atoms. The van der Waals surface area contributed by atoms with Gasteiger partial charge in [-0.3, -0.25) is 4.79 Å². The van der Waals surface area contributed by atoms with Crippen LogP contribution in [-0.2, 0) is 14.8 Å². The molecule has 2 N–H and O–H groups in total. The number of hydrogen-bond donors (Lipinski definition) is 2. The summed E-state index contributed by atoms with van der Waals surface area (Å²) in [7, 11) is 1.83. The lowest BCUT2D eigenvalue weighted by atomic mass is 10.2. The highest BCUT2D eigenvalue weighted by molar-refractivity contribution is 7.91. The number of benzene rings is 1. The Morgan fingerprint density at radius 3 is 2.41 bits per heavy atom. The molecule has 2 aromatic rings. The summed E-state index contributed by atoms with van der Waals surface area (Å²) < 4.78 is 28.4. The summed E-state index contributed by atoms with van der Waals surface area (Å²) in [6.45, 7) is 0.359. The molecular formula is C19H23N2O4S2+. The van der Waals surface area contributed by atoms with Crippen LogP contribution in [0, 0.1) is 11.8 Å². The second kappa shape index (κ2) is 8.67. The summed E-state index contributed by atoms with van der Waals surface area (Å²) in [6, 6.07) is 11.9. The highest BCUT2D eigenvalue weighted by Gasteiger charge is 2.27. The average molecular weight is 408 g/mol. The Morgan fingerprint density at radius 1 is 1.15 bits per heavy atom. The van der Waals surface area contributed by atoms with E-state index < -0.39 is 22.0 Å². The molecule has 8 heteroatoms. The first-order valence-electron chi connectivity index (χ1n) is 8.27. The van der Waals surface area contributed by atoms with Crippen molar-refractivity contribution in [2.75, 3.05) is 27.7 Å². The van der Waals surface area contributed by atoms with Gasteiger partial charge in [0, 0.05) is 5.56 Å². The maximum absolute atomic E-state index is 12.6. The Kier molecular flexibility index (Phi) is 6.78. The SMILES string of the molecule is C[N+](C)(C)C[C@@H](CC(=O)O)NS(=O)(=O)c1ccc(C#Cc2ccccc2)s1. The van der Waals surface area contributed by atoms with Gasteiger partial charge in [0.2, 0.25) is 0 Å². The van der Waals surface area contributed by atoms with Gasteiger partial charge in [-0.2, -0.15) is 0 Å². The summed E-state index contributed by atoms with van der Waals surface area (Å²) in [4.78, 5) is 11.7. The maximum atomic E-state index is 12.6. The Morgan fingerprint density at radius 2 is 1.81 bits per heavy atom. The van der Waals surface area contributed by atoms with Gasteiger partial charge in [-0.1, -0.05) is 30.0 Å². The van der Waals surface area contributed by atoms with Crippen LogP contribution in [0.15, 0.2) is 46.7 Å². The Bertz CT molecular complexity index is 949. The van der Waals surface area contributed by atoms with Gasteiger partial charge in [0.05, 0.1) is 45.0 Å². The normalized spacial score (nSPS) is 12.9.